The Kier molecular flexibility index (Phi) is 4.72. The van der Waals surface area contributed by atoms with E-state index in [0.717, 1.165) is 6.20 Å². The second-order valence-electron chi connectivity index (χ2n) is 4.33. The number of aromatic nitrogens is 1. The zero-order chi connectivity index (χ0) is 16.8. The number of anilines is 1. The van der Waals surface area contributed by atoms with Gasteiger partial charge in [-0.25, -0.2) is 4.98 Å². The molecule has 0 fully saturated rings. The van der Waals surface area contributed by atoms with Gasteiger partial charge in [-0.1, -0.05) is 0 Å². The van der Waals surface area contributed by atoms with Gasteiger partial charge in [0.1, 0.15) is 12.0 Å². The zero-order valence-corrected chi connectivity index (χ0v) is 11.6. The summed E-state index contributed by atoms with van der Waals surface area (Å²) in [6.45, 7) is 0. The van der Waals surface area contributed by atoms with E-state index in [4.69, 9.17) is 0 Å². The van der Waals surface area contributed by atoms with E-state index in [2.05, 4.69) is 10.3 Å². The summed E-state index contributed by atoms with van der Waals surface area (Å²) in [5.74, 6) is -0.307. The van der Waals surface area contributed by atoms with Gasteiger partial charge in [-0.2, -0.15) is 0 Å². The molecule has 23 heavy (non-hydrogen) atoms. The molecule has 0 atom stereocenters. The van der Waals surface area contributed by atoms with Gasteiger partial charge < -0.3 is 5.32 Å². The van der Waals surface area contributed by atoms with Gasteiger partial charge in [-0.15, -0.1) is 0 Å². The van der Waals surface area contributed by atoms with Crippen molar-refractivity contribution in [2.75, 3.05) is 5.32 Å². The molecule has 2 rings (SSSR count). The van der Waals surface area contributed by atoms with Gasteiger partial charge >= 0.3 is 0 Å². The SMILES string of the molecule is O=C(C=Cc1ccc([N+](=O)[O-])cc1)Nc1ccc([N+](=O)[O-])cn1. The van der Waals surface area contributed by atoms with Crippen molar-refractivity contribution in [3.05, 3.63) is 74.5 Å². The van der Waals surface area contributed by atoms with Crippen LogP contribution < -0.4 is 5.32 Å². The molecule has 0 bridgehead atoms. The molecule has 0 aliphatic heterocycles. The highest BCUT2D eigenvalue weighted by molar-refractivity contribution is 6.01. The molecule has 1 heterocycles. The number of benzene rings is 1. The van der Waals surface area contributed by atoms with Crippen LogP contribution in [0.4, 0.5) is 17.2 Å². The molecular weight excluding hydrogens is 304 g/mol. The molecule has 0 aliphatic carbocycles. The van der Waals surface area contributed by atoms with E-state index in [1.165, 1.54) is 48.6 Å². The van der Waals surface area contributed by atoms with Crippen LogP contribution in [-0.2, 0) is 4.79 Å². The van der Waals surface area contributed by atoms with Crippen molar-refractivity contribution in [3.8, 4) is 0 Å². The minimum atomic E-state index is -0.590. The largest absolute Gasteiger partial charge is 0.307 e. The summed E-state index contributed by atoms with van der Waals surface area (Å²) in [4.78, 5) is 35.3. The van der Waals surface area contributed by atoms with Crippen LogP contribution in [-0.4, -0.2) is 20.7 Å². The first kappa shape index (κ1) is 15.8. The molecule has 0 saturated heterocycles. The second kappa shape index (κ2) is 6.89. The van der Waals surface area contributed by atoms with Gasteiger partial charge in [0.25, 0.3) is 11.4 Å². The lowest BCUT2D eigenvalue weighted by molar-refractivity contribution is -0.385. The van der Waals surface area contributed by atoms with Crippen LogP contribution in [0.25, 0.3) is 6.08 Å². The van der Waals surface area contributed by atoms with Crippen molar-refractivity contribution in [1.82, 2.24) is 4.98 Å². The summed E-state index contributed by atoms with van der Waals surface area (Å²) in [5, 5.41) is 23.4. The number of pyridine rings is 1. The summed E-state index contributed by atoms with van der Waals surface area (Å²) in [6.07, 6.45) is 3.74. The minimum absolute atomic E-state index is 0.0401. The fourth-order valence-corrected chi connectivity index (χ4v) is 1.61. The number of hydrogen-bond acceptors (Lipinski definition) is 6. The predicted octanol–water partition coefficient (Wildman–Crippen LogP) is 2.55. The maximum absolute atomic E-state index is 11.7. The molecule has 1 N–H and O–H groups in total. The first-order valence-corrected chi connectivity index (χ1v) is 6.29. The Hall–Kier alpha value is -3.62. The molecule has 0 radical (unpaired) electrons. The molecule has 0 unspecified atom stereocenters. The highest BCUT2D eigenvalue weighted by Gasteiger charge is 2.06. The van der Waals surface area contributed by atoms with Crippen molar-refractivity contribution in [2.24, 2.45) is 0 Å². The van der Waals surface area contributed by atoms with E-state index < -0.39 is 15.8 Å². The van der Waals surface area contributed by atoms with Gasteiger partial charge in [0, 0.05) is 24.3 Å². The van der Waals surface area contributed by atoms with Crippen LogP contribution in [0, 0.1) is 20.2 Å². The molecule has 9 nitrogen and oxygen atoms in total. The van der Waals surface area contributed by atoms with Crippen molar-refractivity contribution in [3.63, 3.8) is 0 Å². The number of nitro benzene ring substituents is 1. The molecule has 1 aromatic heterocycles. The normalized spacial score (nSPS) is 10.4. The lowest BCUT2D eigenvalue weighted by atomic mass is 10.2. The van der Waals surface area contributed by atoms with E-state index in [0.29, 0.717) is 5.56 Å². The molecule has 116 valence electrons. The summed E-state index contributed by atoms with van der Waals surface area (Å²) in [6, 6.07) is 8.21. The Morgan fingerprint density at radius 2 is 1.61 bits per heavy atom. The van der Waals surface area contributed by atoms with Crippen LogP contribution in [0.3, 0.4) is 0 Å². The molecule has 1 aromatic carbocycles. The Bertz CT molecular complexity index is 769. The monoisotopic (exact) mass is 314 g/mol. The van der Waals surface area contributed by atoms with Crippen molar-refractivity contribution < 1.29 is 14.6 Å². The lowest BCUT2D eigenvalue weighted by Crippen LogP contribution is -2.09. The van der Waals surface area contributed by atoms with E-state index in [9.17, 15) is 25.0 Å². The maximum atomic E-state index is 11.7. The molecule has 2 aromatic rings. The molecule has 0 saturated carbocycles. The molecule has 0 aliphatic rings. The second-order valence-corrected chi connectivity index (χ2v) is 4.33. The molecular formula is C14H10N4O5. The summed E-state index contributed by atoms with van der Waals surface area (Å²) in [5.41, 5.74) is 0.397. The first-order chi connectivity index (χ1) is 11.0. The number of hydrogen-bond donors (Lipinski definition) is 1. The van der Waals surface area contributed by atoms with Crippen LogP contribution in [0.5, 0.6) is 0 Å². The third kappa shape index (κ3) is 4.43. The van der Waals surface area contributed by atoms with Gasteiger partial charge in [0.2, 0.25) is 5.91 Å². The molecule has 1 amide bonds. The topological polar surface area (TPSA) is 128 Å². The zero-order valence-electron chi connectivity index (χ0n) is 11.6. The van der Waals surface area contributed by atoms with Crippen LogP contribution in [0.1, 0.15) is 5.56 Å². The van der Waals surface area contributed by atoms with Gasteiger partial charge in [-0.05, 0) is 29.8 Å². The number of rotatable bonds is 5. The number of nitrogens with one attached hydrogen (secondary N) is 1. The van der Waals surface area contributed by atoms with E-state index >= 15 is 0 Å². The Morgan fingerprint density at radius 1 is 1.00 bits per heavy atom. The Morgan fingerprint density at radius 3 is 2.13 bits per heavy atom. The number of carbonyl (C=O) groups excluding carboxylic acids is 1. The summed E-state index contributed by atoms with van der Waals surface area (Å²) >= 11 is 0. The van der Waals surface area contributed by atoms with Gasteiger partial charge in [-0.3, -0.25) is 25.0 Å². The van der Waals surface area contributed by atoms with E-state index in [-0.39, 0.29) is 17.2 Å². The maximum Gasteiger partial charge on any atom is 0.287 e. The number of amides is 1. The number of non-ortho nitro benzene ring substituents is 1. The third-order valence-corrected chi connectivity index (χ3v) is 2.74. The van der Waals surface area contributed by atoms with Crippen LogP contribution in [0.2, 0.25) is 0 Å². The Labute approximate surface area is 129 Å². The van der Waals surface area contributed by atoms with E-state index in [1.807, 2.05) is 0 Å². The first-order valence-electron chi connectivity index (χ1n) is 6.29. The number of carbonyl (C=O) groups is 1. The molecule has 0 spiro atoms. The highest BCUT2D eigenvalue weighted by atomic mass is 16.6. The predicted molar refractivity (Wildman–Crippen MR) is 81.7 cm³/mol. The van der Waals surface area contributed by atoms with Gasteiger partial charge in [0.15, 0.2) is 0 Å². The summed E-state index contributed by atoms with van der Waals surface area (Å²) < 4.78 is 0. The van der Waals surface area contributed by atoms with Gasteiger partial charge in [0.05, 0.1) is 9.85 Å². The van der Waals surface area contributed by atoms with Crippen molar-refractivity contribution in [1.29, 1.82) is 0 Å². The highest BCUT2D eigenvalue weighted by Crippen LogP contribution is 2.14. The number of nitro groups is 2. The minimum Gasteiger partial charge on any atom is -0.307 e. The van der Waals surface area contributed by atoms with Crippen molar-refractivity contribution >= 4 is 29.2 Å². The summed E-state index contributed by atoms with van der Waals surface area (Å²) in [7, 11) is 0. The fraction of sp³-hybridized carbons (Fsp3) is 0. The average molecular weight is 314 g/mol. The van der Waals surface area contributed by atoms with E-state index in [1.54, 1.807) is 0 Å². The average Bonchev–Trinajstić information content (AvgIpc) is 2.54. The number of nitrogens with zero attached hydrogens (tertiary/aromatic N) is 3. The Balaban J connectivity index is 1.98. The van der Waals surface area contributed by atoms with Crippen molar-refractivity contribution in [2.45, 2.75) is 0 Å². The molecule has 9 heteroatoms. The fourth-order valence-electron chi connectivity index (χ4n) is 1.61. The van der Waals surface area contributed by atoms with Crippen LogP contribution in [0.15, 0.2) is 48.7 Å². The smallest absolute Gasteiger partial charge is 0.287 e. The van der Waals surface area contributed by atoms with Crippen LogP contribution >= 0.6 is 0 Å². The third-order valence-electron chi connectivity index (χ3n) is 2.74. The quantitative estimate of drug-likeness (QED) is 0.513. The lowest BCUT2D eigenvalue weighted by Gasteiger charge is -2.00. The standard InChI is InChI=1S/C14H10N4O5/c19-14(16-13-7-6-12(9-15-13)18(22)23)8-3-10-1-4-11(5-2-10)17(20)21/h1-9H,(H,15,16,19).